The van der Waals surface area contributed by atoms with Crippen LogP contribution in [0.3, 0.4) is 0 Å². The molecule has 3 nitrogen and oxygen atoms in total. The minimum atomic E-state index is -3.00. The highest BCUT2D eigenvalue weighted by Crippen LogP contribution is 2.39. The summed E-state index contributed by atoms with van der Waals surface area (Å²) in [7, 11) is -3.00. The molecule has 17 heavy (non-hydrogen) atoms. The standard InChI is InChI=1S/C13H27NO2S/c1-5-8-17(15,16)12-9-10(13(2,3)4)6-7-11(12)14/h10-12H,5-9,14H2,1-4H3. The molecule has 2 N–H and O–H groups in total. The number of hydrogen-bond acceptors (Lipinski definition) is 3. The summed E-state index contributed by atoms with van der Waals surface area (Å²) in [5.74, 6) is 0.751. The van der Waals surface area contributed by atoms with Crippen molar-refractivity contribution in [3.05, 3.63) is 0 Å². The molecule has 1 aliphatic carbocycles. The smallest absolute Gasteiger partial charge is 0.154 e. The first-order chi connectivity index (χ1) is 7.68. The molecule has 0 aliphatic heterocycles. The summed E-state index contributed by atoms with van der Waals surface area (Å²) in [6.07, 6.45) is 3.33. The van der Waals surface area contributed by atoms with Crippen LogP contribution in [0.1, 0.15) is 53.4 Å². The predicted molar refractivity (Wildman–Crippen MR) is 72.6 cm³/mol. The van der Waals surface area contributed by atoms with E-state index < -0.39 is 9.84 Å². The van der Waals surface area contributed by atoms with Gasteiger partial charge < -0.3 is 5.73 Å². The van der Waals surface area contributed by atoms with E-state index >= 15 is 0 Å². The van der Waals surface area contributed by atoms with E-state index in [1.165, 1.54) is 0 Å². The number of hydrogen-bond donors (Lipinski definition) is 1. The average Bonchev–Trinajstić information content (AvgIpc) is 2.15. The molecule has 102 valence electrons. The molecular weight excluding hydrogens is 234 g/mol. The summed E-state index contributed by atoms with van der Waals surface area (Å²) in [5.41, 5.74) is 6.20. The van der Waals surface area contributed by atoms with Crippen LogP contribution in [0.2, 0.25) is 0 Å². The topological polar surface area (TPSA) is 60.2 Å². The second kappa shape index (κ2) is 5.27. The van der Waals surface area contributed by atoms with Crippen LogP contribution in [0.4, 0.5) is 0 Å². The van der Waals surface area contributed by atoms with Gasteiger partial charge in [-0.15, -0.1) is 0 Å². The molecule has 1 fully saturated rings. The van der Waals surface area contributed by atoms with Crippen LogP contribution in [0, 0.1) is 11.3 Å². The Labute approximate surface area is 106 Å². The highest BCUT2D eigenvalue weighted by atomic mass is 32.2. The van der Waals surface area contributed by atoms with Crippen molar-refractivity contribution in [1.29, 1.82) is 0 Å². The Bertz CT molecular complexity index is 343. The summed E-state index contributed by atoms with van der Waals surface area (Å²) >= 11 is 0. The molecule has 0 spiro atoms. The van der Waals surface area contributed by atoms with Crippen molar-refractivity contribution in [2.75, 3.05) is 5.75 Å². The van der Waals surface area contributed by atoms with Gasteiger partial charge in [-0.05, 0) is 37.0 Å². The van der Waals surface area contributed by atoms with Gasteiger partial charge in [0, 0.05) is 6.04 Å². The fraction of sp³-hybridized carbons (Fsp3) is 1.00. The van der Waals surface area contributed by atoms with Crippen LogP contribution in [0.15, 0.2) is 0 Å². The predicted octanol–water partition coefficient (Wildman–Crippen LogP) is 2.35. The highest BCUT2D eigenvalue weighted by Gasteiger charge is 2.40. The first-order valence-corrected chi connectivity index (χ1v) is 8.37. The van der Waals surface area contributed by atoms with Crippen LogP contribution < -0.4 is 5.73 Å². The first kappa shape index (κ1) is 15.0. The van der Waals surface area contributed by atoms with Gasteiger partial charge >= 0.3 is 0 Å². The lowest BCUT2D eigenvalue weighted by Crippen LogP contribution is -2.47. The molecular formula is C13H27NO2S. The van der Waals surface area contributed by atoms with Crippen molar-refractivity contribution < 1.29 is 8.42 Å². The molecule has 3 unspecified atom stereocenters. The van der Waals surface area contributed by atoms with Crippen LogP contribution in [-0.2, 0) is 9.84 Å². The summed E-state index contributed by atoms with van der Waals surface area (Å²) < 4.78 is 24.4. The Kier molecular flexibility index (Phi) is 4.64. The zero-order valence-electron chi connectivity index (χ0n) is 11.6. The van der Waals surface area contributed by atoms with Gasteiger partial charge in [-0.3, -0.25) is 0 Å². The van der Waals surface area contributed by atoms with Crippen LogP contribution in [-0.4, -0.2) is 25.5 Å². The fourth-order valence-corrected chi connectivity index (χ4v) is 4.85. The van der Waals surface area contributed by atoms with E-state index in [1.807, 2.05) is 6.92 Å². The third-order valence-corrected chi connectivity index (χ3v) is 6.46. The Hall–Kier alpha value is -0.0900. The number of rotatable bonds is 3. The van der Waals surface area contributed by atoms with Gasteiger partial charge in [-0.25, -0.2) is 8.42 Å². The van der Waals surface area contributed by atoms with Crippen molar-refractivity contribution in [1.82, 2.24) is 0 Å². The summed E-state index contributed by atoms with van der Waals surface area (Å²) in [5, 5.41) is -0.319. The minimum Gasteiger partial charge on any atom is -0.327 e. The monoisotopic (exact) mass is 261 g/mol. The van der Waals surface area contributed by atoms with Gasteiger partial charge in [0.05, 0.1) is 11.0 Å². The maximum atomic E-state index is 12.2. The maximum absolute atomic E-state index is 12.2. The van der Waals surface area contributed by atoms with E-state index in [0.717, 1.165) is 19.3 Å². The molecule has 0 radical (unpaired) electrons. The SMILES string of the molecule is CCCS(=O)(=O)C1CC(C(C)(C)C)CCC1N. The highest BCUT2D eigenvalue weighted by molar-refractivity contribution is 7.92. The second-order valence-electron chi connectivity index (χ2n) is 6.45. The molecule has 0 aromatic heterocycles. The lowest BCUT2D eigenvalue weighted by atomic mass is 9.71. The normalized spacial score (nSPS) is 31.5. The van der Waals surface area contributed by atoms with E-state index in [9.17, 15) is 8.42 Å². The largest absolute Gasteiger partial charge is 0.327 e. The van der Waals surface area contributed by atoms with E-state index in [-0.39, 0.29) is 22.5 Å². The summed E-state index contributed by atoms with van der Waals surface area (Å²) in [6, 6.07) is -0.162. The van der Waals surface area contributed by atoms with E-state index in [1.54, 1.807) is 0 Å². The van der Waals surface area contributed by atoms with Gasteiger partial charge in [0.1, 0.15) is 0 Å². The van der Waals surface area contributed by atoms with Crippen molar-refractivity contribution >= 4 is 9.84 Å². The Morgan fingerprint density at radius 2 is 1.82 bits per heavy atom. The second-order valence-corrected chi connectivity index (χ2v) is 8.78. The van der Waals surface area contributed by atoms with E-state index in [2.05, 4.69) is 20.8 Å². The molecule has 0 saturated heterocycles. The molecule has 3 atom stereocenters. The zero-order chi connectivity index (χ0) is 13.3. The lowest BCUT2D eigenvalue weighted by molar-refractivity contribution is 0.171. The molecule has 4 heteroatoms. The van der Waals surface area contributed by atoms with Gasteiger partial charge in [0.2, 0.25) is 0 Å². The van der Waals surface area contributed by atoms with Gasteiger partial charge in [0.15, 0.2) is 9.84 Å². The zero-order valence-corrected chi connectivity index (χ0v) is 12.4. The molecule has 0 aromatic carbocycles. The molecule has 0 aromatic rings. The fourth-order valence-electron chi connectivity index (χ4n) is 2.79. The van der Waals surface area contributed by atoms with Crippen LogP contribution >= 0.6 is 0 Å². The minimum absolute atomic E-state index is 0.162. The third kappa shape index (κ3) is 3.68. The molecule has 1 saturated carbocycles. The Morgan fingerprint density at radius 1 is 1.24 bits per heavy atom. The number of nitrogens with two attached hydrogens (primary N) is 1. The lowest BCUT2D eigenvalue weighted by Gasteiger charge is -2.40. The summed E-state index contributed by atoms with van der Waals surface area (Å²) in [4.78, 5) is 0. The Balaban J connectivity index is 2.84. The van der Waals surface area contributed by atoms with Gasteiger partial charge in [-0.1, -0.05) is 27.7 Å². The van der Waals surface area contributed by atoms with E-state index in [4.69, 9.17) is 5.73 Å². The van der Waals surface area contributed by atoms with E-state index in [0.29, 0.717) is 12.3 Å². The quantitative estimate of drug-likeness (QED) is 0.848. The van der Waals surface area contributed by atoms with Crippen molar-refractivity contribution in [3.63, 3.8) is 0 Å². The third-order valence-electron chi connectivity index (χ3n) is 4.02. The molecule has 1 aliphatic rings. The average molecular weight is 261 g/mol. The maximum Gasteiger partial charge on any atom is 0.154 e. The van der Waals surface area contributed by atoms with Crippen molar-refractivity contribution in [2.45, 2.75) is 64.7 Å². The van der Waals surface area contributed by atoms with Crippen LogP contribution in [0.5, 0.6) is 0 Å². The Morgan fingerprint density at radius 3 is 2.29 bits per heavy atom. The molecule has 0 bridgehead atoms. The molecule has 1 rings (SSSR count). The molecule has 0 heterocycles. The summed E-state index contributed by atoms with van der Waals surface area (Å²) in [6.45, 7) is 8.49. The molecule has 0 amide bonds. The van der Waals surface area contributed by atoms with Crippen molar-refractivity contribution in [3.8, 4) is 0 Å². The van der Waals surface area contributed by atoms with Gasteiger partial charge in [0.25, 0.3) is 0 Å². The van der Waals surface area contributed by atoms with Gasteiger partial charge in [-0.2, -0.15) is 0 Å². The first-order valence-electron chi connectivity index (χ1n) is 6.65. The van der Waals surface area contributed by atoms with Crippen molar-refractivity contribution in [2.24, 2.45) is 17.1 Å². The number of sulfone groups is 1. The van der Waals surface area contributed by atoms with Crippen LogP contribution in [0.25, 0.3) is 0 Å².